The molecule has 0 aromatic heterocycles. The largest absolute Gasteiger partial charge is 0.345 e. The van der Waals surface area contributed by atoms with Gasteiger partial charge in [-0.05, 0) is 24.3 Å². The van der Waals surface area contributed by atoms with Crippen molar-refractivity contribution in [2.75, 3.05) is 19.6 Å². The van der Waals surface area contributed by atoms with Crippen LogP contribution >= 0.6 is 0 Å². The standard InChI is InChI=1S/C23H31N5O5/c1-14(2)20-23(33)25-13-19(30)28-10-6-9-17(28)22(32)26-16(11-15-7-4-3-5-8-15)21(31)24-12-18(29)27-20/h3-5,7-8,14,16-17,20H,6,9-13H2,1-2H3,(H,24,31)(H,25,33)(H,26,32)(H,27,29)/t16-,17?,20?/m1/s1. The van der Waals surface area contributed by atoms with E-state index in [9.17, 15) is 24.0 Å². The van der Waals surface area contributed by atoms with E-state index in [-0.39, 0.29) is 31.3 Å². The number of fused-ring (bicyclic) bond motifs is 1. The van der Waals surface area contributed by atoms with Gasteiger partial charge in [0.25, 0.3) is 0 Å². The van der Waals surface area contributed by atoms with Crippen molar-refractivity contribution in [1.82, 2.24) is 26.2 Å². The molecule has 2 saturated heterocycles. The second-order valence-corrected chi connectivity index (χ2v) is 8.72. The summed E-state index contributed by atoms with van der Waals surface area (Å²) >= 11 is 0. The van der Waals surface area contributed by atoms with Crippen molar-refractivity contribution in [3.63, 3.8) is 0 Å². The Balaban J connectivity index is 1.85. The average molecular weight is 458 g/mol. The lowest BCUT2D eigenvalue weighted by molar-refractivity contribution is -0.139. The molecule has 0 radical (unpaired) electrons. The molecule has 1 aromatic carbocycles. The third kappa shape index (κ3) is 6.30. The maximum Gasteiger partial charge on any atom is 0.243 e. The summed E-state index contributed by atoms with van der Waals surface area (Å²) in [6.45, 7) is 3.33. The molecule has 2 aliphatic heterocycles. The van der Waals surface area contributed by atoms with Crippen molar-refractivity contribution in [3.05, 3.63) is 35.9 Å². The van der Waals surface area contributed by atoms with Gasteiger partial charge in [-0.1, -0.05) is 44.2 Å². The highest BCUT2D eigenvalue weighted by molar-refractivity contribution is 5.96. The van der Waals surface area contributed by atoms with Crippen LogP contribution in [0.3, 0.4) is 0 Å². The van der Waals surface area contributed by atoms with Crippen LogP contribution < -0.4 is 21.3 Å². The molecular formula is C23H31N5O5. The molecule has 0 spiro atoms. The summed E-state index contributed by atoms with van der Waals surface area (Å²) in [5.41, 5.74) is 0.842. The van der Waals surface area contributed by atoms with Crippen LogP contribution in [0.4, 0.5) is 0 Å². The molecule has 4 N–H and O–H groups in total. The van der Waals surface area contributed by atoms with Crippen molar-refractivity contribution in [1.29, 1.82) is 0 Å². The van der Waals surface area contributed by atoms with Crippen LogP contribution in [0.2, 0.25) is 0 Å². The van der Waals surface area contributed by atoms with Crippen LogP contribution in [0.1, 0.15) is 32.3 Å². The second kappa shape index (κ2) is 10.9. The van der Waals surface area contributed by atoms with Gasteiger partial charge >= 0.3 is 0 Å². The molecule has 2 fully saturated rings. The molecule has 2 unspecified atom stereocenters. The zero-order valence-electron chi connectivity index (χ0n) is 18.9. The van der Waals surface area contributed by atoms with Crippen molar-refractivity contribution in [2.45, 2.75) is 51.2 Å². The Labute approximate surface area is 192 Å². The van der Waals surface area contributed by atoms with E-state index in [1.165, 1.54) is 4.90 Å². The van der Waals surface area contributed by atoms with Gasteiger partial charge in [0, 0.05) is 13.0 Å². The summed E-state index contributed by atoms with van der Waals surface area (Å²) in [6, 6.07) is 6.72. The first-order valence-corrected chi connectivity index (χ1v) is 11.2. The minimum atomic E-state index is -0.920. The Morgan fingerprint density at radius 3 is 2.30 bits per heavy atom. The molecule has 0 aliphatic carbocycles. The van der Waals surface area contributed by atoms with Gasteiger partial charge in [-0.2, -0.15) is 0 Å². The Bertz CT molecular complexity index is 904. The fraction of sp³-hybridized carbons (Fsp3) is 0.522. The Morgan fingerprint density at radius 2 is 1.61 bits per heavy atom. The lowest BCUT2D eigenvalue weighted by Gasteiger charge is -2.26. The molecule has 3 rings (SSSR count). The predicted molar refractivity (Wildman–Crippen MR) is 120 cm³/mol. The van der Waals surface area contributed by atoms with Crippen LogP contribution in [-0.2, 0) is 30.4 Å². The molecule has 0 saturated carbocycles. The average Bonchev–Trinajstić information content (AvgIpc) is 3.29. The smallest absolute Gasteiger partial charge is 0.243 e. The Morgan fingerprint density at radius 1 is 0.909 bits per heavy atom. The minimum Gasteiger partial charge on any atom is -0.345 e. The fourth-order valence-electron chi connectivity index (χ4n) is 4.09. The fourth-order valence-corrected chi connectivity index (χ4v) is 4.09. The van der Waals surface area contributed by atoms with Crippen LogP contribution in [0.15, 0.2) is 30.3 Å². The number of nitrogens with one attached hydrogen (secondary N) is 4. The van der Waals surface area contributed by atoms with E-state index in [1.807, 2.05) is 30.3 Å². The zero-order valence-corrected chi connectivity index (χ0v) is 18.9. The molecular weight excluding hydrogens is 426 g/mol. The summed E-state index contributed by atoms with van der Waals surface area (Å²) in [7, 11) is 0. The number of carbonyl (C=O) groups excluding carboxylic acids is 5. The van der Waals surface area contributed by atoms with Gasteiger partial charge < -0.3 is 26.2 Å². The van der Waals surface area contributed by atoms with Crippen molar-refractivity contribution in [3.8, 4) is 0 Å². The van der Waals surface area contributed by atoms with Gasteiger partial charge in [0.1, 0.15) is 18.1 Å². The summed E-state index contributed by atoms with van der Waals surface area (Å²) in [6.07, 6.45) is 1.35. The third-order valence-corrected chi connectivity index (χ3v) is 5.89. The van der Waals surface area contributed by atoms with Gasteiger partial charge in [-0.25, -0.2) is 0 Å². The van der Waals surface area contributed by atoms with Crippen molar-refractivity contribution in [2.24, 2.45) is 5.92 Å². The van der Waals surface area contributed by atoms with E-state index in [4.69, 9.17) is 0 Å². The van der Waals surface area contributed by atoms with Gasteiger partial charge in [0.15, 0.2) is 0 Å². The van der Waals surface area contributed by atoms with E-state index in [0.29, 0.717) is 19.4 Å². The Kier molecular flexibility index (Phi) is 8.02. The minimum absolute atomic E-state index is 0.232. The zero-order chi connectivity index (χ0) is 24.0. The van der Waals surface area contributed by atoms with E-state index < -0.39 is 41.8 Å². The lowest BCUT2D eigenvalue weighted by atomic mass is 10.0. The first-order chi connectivity index (χ1) is 15.8. The van der Waals surface area contributed by atoms with Gasteiger partial charge in [-0.3, -0.25) is 24.0 Å². The van der Waals surface area contributed by atoms with Crippen molar-refractivity contribution >= 4 is 29.5 Å². The summed E-state index contributed by atoms with van der Waals surface area (Å²) in [5, 5.41) is 10.5. The van der Waals surface area contributed by atoms with E-state index in [2.05, 4.69) is 21.3 Å². The van der Waals surface area contributed by atoms with E-state index >= 15 is 0 Å². The van der Waals surface area contributed by atoms with Crippen LogP contribution in [0, 0.1) is 5.92 Å². The number of benzene rings is 1. The number of carbonyl (C=O) groups is 5. The number of nitrogens with zero attached hydrogens (tertiary/aromatic N) is 1. The highest BCUT2D eigenvalue weighted by Gasteiger charge is 2.36. The van der Waals surface area contributed by atoms with Gasteiger partial charge in [0.2, 0.25) is 29.5 Å². The molecule has 0 bridgehead atoms. The lowest BCUT2D eigenvalue weighted by Crippen LogP contribution is -2.55. The Hall–Kier alpha value is -3.43. The van der Waals surface area contributed by atoms with Crippen LogP contribution in [0.5, 0.6) is 0 Å². The number of hydrogen-bond donors (Lipinski definition) is 4. The summed E-state index contributed by atoms with van der Waals surface area (Å²) < 4.78 is 0. The number of amides is 5. The quantitative estimate of drug-likeness (QED) is 0.466. The van der Waals surface area contributed by atoms with Crippen LogP contribution in [-0.4, -0.2) is 72.2 Å². The molecule has 10 heteroatoms. The van der Waals surface area contributed by atoms with E-state index in [1.54, 1.807) is 13.8 Å². The van der Waals surface area contributed by atoms with Crippen molar-refractivity contribution < 1.29 is 24.0 Å². The molecule has 5 amide bonds. The molecule has 178 valence electrons. The molecule has 2 aliphatic rings. The first-order valence-electron chi connectivity index (χ1n) is 11.2. The first kappa shape index (κ1) is 24.2. The maximum absolute atomic E-state index is 13.0. The van der Waals surface area contributed by atoms with E-state index in [0.717, 1.165) is 5.56 Å². The predicted octanol–water partition coefficient (Wildman–Crippen LogP) is -0.908. The number of hydrogen-bond acceptors (Lipinski definition) is 5. The molecule has 1 aromatic rings. The van der Waals surface area contributed by atoms with Gasteiger partial charge in [-0.15, -0.1) is 0 Å². The monoisotopic (exact) mass is 457 g/mol. The van der Waals surface area contributed by atoms with Crippen LogP contribution in [0.25, 0.3) is 0 Å². The SMILES string of the molecule is CC(C)C1NC(=O)CNC(=O)[C@@H](Cc2ccccc2)NC(=O)C2CCCN2C(=O)CNC1=O. The van der Waals surface area contributed by atoms with Gasteiger partial charge in [0.05, 0.1) is 13.1 Å². The highest BCUT2D eigenvalue weighted by Crippen LogP contribution is 2.18. The summed E-state index contributed by atoms with van der Waals surface area (Å²) in [4.78, 5) is 65.2. The third-order valence-electron chi connectivity index (χ3n) is 5.89. The second-order valence-electron chi connectivity index (χ2n) is 8.72. The summed E-state index contributed by atoms with van der Waals surface area (Å²) in [5.74, 6) is -2.59. The number of rotatable bonds is 3. The topological polar surface area (TPSA) is 137 Å². The maximum atomic E-state index is 13.0. The molecule has 10 nitrogen and oxygen atoms in total. The molecule has 33 heavy (non-hydrogen) atoms. The molecule has 3 atom stereocenters. The highest BCUT2D eigenvalue weighted by atomic mass is 16.2. The normalized spacial score (nSPS) is 25.4. The molecule has 2 heterocycles.